The number of nitriles is 1. The van der Waals surface area contributed by atoms with Crippen LogP contribution < -0.4 is 10.6 Å². The van der Waals surface area contributed by atoms with Crippen molar-refractivity contribution in [3.05, 3.63) is 22.9 Å². The number of nitrogens with two attached hydrogens (primary N) is 1. The lowest BCUT2D eigenvalue weighted by atomic mass is 10.1. The van der Waals surface area contributed by atoms with E-state index in [1.807, 2.05) is 18.0 Å². The van der Waals surface area contributed by atoms with Gasteiger partial charge in [-0.25, -0.2) is 4.98 Å². The molecular formula is C12H16N4. The molecular weight excluding hydrogens is 200 g/mol. The molecule has 0 unspecified atom stereocenters. The third kappa shape index (κ3) is 1.86. The Morgan fingerprint density at radius 2 is 2.38 bits per heavy atom. The molecule has 1 aromatic rings. The van der Waals surface area contributed by atoms with Crippen LogP contribution >= 0.6 is 0 Å². The van der Waals surface area contributed by atoms with Crippen molar-refractivity contribution in [3.63, 3.8) is 0 Å². The number of likely N-dealkylation sites (N-methyl/N-ethyl adjacent to an activating group) is 1. The van der Waals surface area contributed by atoms with Gasteiger partial charge in [-0.05, 0) is 30.9 Å². The highest BCUT2D eigenvalue weighted by molar-refractivity contribution is 5.56. The third-order valence-electron chi connectivity index (χ3n) is 2.98. The number of pyridine rings is 1. The molecule has 0 spiro atoms. The zero-order chi connectivity index (χ0) is 11.5. The zero-order valence-electron chi connectivity index (χ0n) is 9.53. The third-order valence-corrected chi connectivity index (χ3v) is 2.98. The molecule has 0 aromatic carbocycles. The number of fused-ring (bicyclic) bond motifs is 1. The molecule has 2 N–H and O–H groups in total. The molecule has 0 atom stereocenters. The topological polar surface area (TPSA) is 65.9 Å². The molecule has 0 saturated heterocycles. The van der Waals surface area contributed by atoms with E-state index in [1.165, 1.54) is 5.56 Å². The van der Waals surface area contributed by atoms with Gasteiger partial charge >= 0.3 is 0 Å². The predicted molar refractivity (Wildman–Crippen MR) is 63.3 cm³/mol. The standard InChI is InChI=1S/C12H16N4/c1-16(6-5-13)12-10(8-14)7-9-3-2-4-11(9)15-12/h7H,2-6,13H2,1H3. The lowest BCUT2D eigenvalue weighted by molar-refractivity contribution is 0.854. The van der Waals surface area contributed by atoms with Crippen molar-refractivity contribution >= 4 is 5.82 Å². The van der Waals surface area contributed by atoms with Gasteiger partial charge in [0.15, 0.2) is 0 Å². The highest BCUT2D eigenvalue weighted by Crippen LogP contribution is 2.26. The van der Waals surface area contributed by atoms with Crippen molar-refractivity contribution in [1.29, 1.82) is 5.26 Å². The predicted octanol–water partition coefficient (Wildman–Crippen LogP) is 0.837. The van der Waals surface area contributed by atoms with Crippen molar-refractivity contribution in [2.75, 3.05) is 25.0 Å². The van der Waals surface area contributed by atoms with Gasteiger partial charge in [0.25, 0.3) is 0 Å². The Kier molecular flexibility index (Phi) is 3.07. The summed E-state index contributed by atoms with van der Waals surface area (Å²) in [5, 5.41) is 9.12. The second-order valence-corrected chi connectivity index (χ2v) is 4.14. The largest absolute Gasteiger partial charge is 0.357 e. The van der Waals surface area contributed by atoms with E-state index >= 15 is 0 Å². The first kappa shape index (κ1) is 10.9. The van der Waals surface area contributed by atoms with E-state index in [-0.39, 0.29) is 0 Å². The summed E-state index contributed by atoms with van der Waals surface area (Å²) in [7, 11) is 1.93. The Morgan fingerprint density at radius 3 is 3.06 bits per heavy atom. The Morgan fingerprint density at radius 1 is 1.56 bits per heavy atom. The SMILES string of the molecule is CN(CCN)c1nc2c(cc1C#N)CCC2. The summed E-state index contributed by atoms with van der Waals surface area (Å²) in [6, 6.07) is 4.20. The Hall–Kier alpha value is -1.60. The van der Waals surface area contributed by atoms with Gasteiger partial charge in [0.05, 0.1) is 5.56 Å². The van der Waals surface area contributed by atoms with Gasteiger partial charge in [-0.1, -0.05) is 0 Å². The fourth-order valence-electron chi connectivity index (χ4n) is 2.13. The summed E-state index contributed by atoms with van der Waals surface area (Å²) in [6.45, 7) is 1.29. The van der Waals surface area contributed by atoms with E-state index in [9.17, 15) is 0 Å². The fraction of sp³-hybridized carbons (Fsp3) is 0.500. The van der Waals surface area contributed by atoms with Crippen molar-refractivity contribution in [3.8, 4) is 6.07 Å². The van der Waals surface area contributed by atoms with E-state index in [0.29, 0.717) is 12.1 Å². The van der Waals surface area contributed by atoms with Crippen molar-refractivity contribution in [2.24, 2.45) is 5.73 Å². The maximum absolute atomic E-state index is 9.12. The first-order chi connectivity index (χ1) is 7.76. The summed E-state index contributed by atoms with van der Waals surface area (Å²) in [5.74, 6) is 0.772. The van der Waals surface area contributed by atoms with Crippen LogP contribution in [0.3, 0.4) is 0 Å². The summed E-state index contributed by atoms with van der Waals surface area (Å²) in [5.41, 5.74) is 8.57. The lowest BCUT2D eigenvalue weighted by Gasteiger charge is -2.19. The molecule has 0 fully saturated rings. The number of aryl methyl sites for hydroxylation is 2. The second kappa shape index (κ2) is 4.50. The number of anilines is 1. The fourth-order valence-corrected chi connectivity index (χ4v) is 2.13. The average molecular weight is 216 g/mol. The highest BCUT2D eigenvalue weighted by atomic mass is 15.2. The van der Waals surface area contributed by atoms with E-state index in [2.05, 4.69) is 11.1 Å². The molecule has 1 aromatic heterocycles. The van der Waals surface area contributed by atoms with Crippen LogP contribution in [0.5, 0.6) is 0 Å². The summed E-state index contributed by atoms with van der Waals surface area (Å²) in [6.07, 6.45) is 3.24. The summed E-state index contributed by atoms with van der Waals surface area (Å²) in [4.78, 5) is 6.55. The Labute approximate surface area is 95.7 Å². The molecule has 84 valence electrons. The molecule has 0 bridgehead atoms. The van der Waals surface area contributed by atoms with Crippen LogP contribution in [0.4, 0.5) is 5.82 Å². The smallest absolute Gasteiger partial charge is 0.146 e. The summed E-state index contributed by atoms with van der Waals surface area (Å²) < 4.78 is 0. The molecule has 4 heteroatoms. The van der Waals surface area contributed by atoms with Gasteiger partial charge in [0.1, 0.15) is 11.9 Å². The van der Waals surface area contributed by atoms with Crippen LogP contribution in [0.1, 0.15) is 23.2 Å². The lowest BCUT2D eigenvalue weighted by Crippen LogP contribution is -2.26. The number of nitrogens with zero attached hydrogens (tertiary/aromatic N) is 3. The van der Waals surface area contributed by atoms with Crippen LogP contribution in [-0.4, -0.2) is 25.1 Å². The molecule has 1 aliphatic rings. The van der Waals surface area contributed by atoms with Gasteiger partial charge in [-0.15, -0.1) is 0 Å². The maximum atomic E-state index is 9.12. The van der Waals surface area contributed by atoms with Gasteiger partial charge in [-0.3, -0.25) is 0 Å². The van der Waals surface area contributed by atoms with Crippen molar-refractivity contribution < 1.29 is 0 Å². The van der Waals surface area contributed by atoms with E-state index < -0.39 is 0 Å². The highest BCUT2D eigenvalue weighted by Gasteiger charge is 2.17. The molecule has 0 aliphatic heterocycles. The number of rotatable bonds is 3. The second-order valence-electron chi connectivity index (χ2n) is 4.14. The Balaban J connectivity index is 2.40. The molecule has 4 nitrogen and oxygen atoms in total. The van der Waals surface area contributed by atoms with Gasteiger partial charge in [0.2, 0.25) is 0 Å². The number of aromatic nitrogens is 1. The minimum atomic E-state index is 0.570. The first-order valence-corrected chi connectivity index (χ1v) is 5.60. The normalized spacial score (nSPS) is 13.3. The quantitative estimate of drug-likeness (QED) is 0.813. The molecule has 1 aliphatic carbocycles. The molecule has 0 radical (unpaired) electrons. The van der Waals surface area contributed by atoms with Crippen molar-refractivity contribution in [1.82, 2.24) is 4.98 Å². The van der Waals surface area contributed by atoms with E-state index in [1.54, 1.807) is 0 Å². The maximum Gasteiger partial charge on any atom is 0.146 e. The molecule has 1 heterocycles. The number of hydrogen-bond donors (Lipinski definition) is 1. The van der Waals surface area contributed by atoms with Gasteiger partial charge in [0, 0.05) is 25.8 Å². The first-order valence-electron chi connectivity index (χ1n) is 5.60. The van der Waals surface area contributed by atoms with Crippen LogP contribution in [0.2, 0.25) is 0 Å². The Bertz CT molecular complexity index is 433. The van der Waals surface area contributed by atoms with E-state index in [4.69, 9.17) is 11.0 Å². The zero-order valence-corrected chi connectivity index (χ0v) is 9.53. The van der Waals surface area contributed by atoms with Crippen LogP contribution in [-0.2, 0) is 12.8 Å². The minimum absolute atomic E-state index is 0.570. The summed E-state index contributed by atoms with van der Waals surface area (Å²) >= 11 is 0. The molecule has 0 saturated carbocycles. The average Bonchev–Trinajstić information content (AvgIpc) is 2.74. The van der Waals surface area contributed by atoms with E-state index in [0.717, 1.165) is 37.3 Å². The van der Waals surface area contributed by atoms with Gasteiger partial charge < -0.3 is 10.6 Å². The monoisotopic (exact) mass is 216 g/mol. The minimum Gasteiger partial charge on any atom is -0.357 e. The van der Waals surface area contributed by atoms with Gasteiger partial charge in [-0.2, -0.15) is 5.26 Å². The van der Waals surface area contributed by atoms with Crippen LogP contribution in [0, 0.1) is 11.3 Å². The molecule has 0 amide bonds. The van der Waals surface area contributed by atoms with Crippen LogP contribution in [0.15, 0.2) is 6.07 Å². The van der Waals surface area contributed by atoms with Crippen LogP contribution in [0.25, 0.3) is 0 Å². The number of hydrogen-bond acceptors (Lipinski definition) is 4. The van der Waals surface area contributed by atoms with Crippen molar-refractivity contribution in [2.45, 2.75) is 19.3 Å². The molecule has 16 heavy (non-hydrogen) atoms. The molecule has 2 rings (SSSR count).